The van der Waals surface area contributed by atoms with Gasteiger partial charge < -0.3 is 4.74 Å². The fourth-order valence-corrected chi connectivity index (χ4v) is 4.31. The number of carbonyl (C=O) groups is 1. The number of nitrogens with one attached hydrogen (secondary N) is 1. The third-order valence-corrected chi connectivity index (χ3v) is 5.91. The van der Waals surface area contributed by atoms with Crippen molar-refractivity contribution in [2.75, 3.05) is 5.32 Å². The van der Waals surface area contributed by atoms with Crippen molar-refractivity contribution in [3.05, 3.63) is 89.5 Å². The second kappa shape index (κ2) is 9.79. The molecule has 1 aromatic heterocycles. The molecule has 3 aromatic carbocycles. The molecular weight excluding hydrogens is 416 g/mol. The molecule has 162 valence electrons. The summed E-state index contributed by atoms with van der Waals surface area (Å²) in [6.07, 6.45) is 2.98. The quantitative estimate of drug-likeness (QED) is 0.252. The minimum Gasteiger partial charge on any atom is -0.491 e. The molecule has 0 bridgehead atoms. The summed E-state index contributed by atoms with van der Waals surface area (Å²) in [7, 11) is 0. The Labute approximate surface area is 192 Å². The molecule has 1 N–H and O–H groups in total. The molecule has 0 aliphatic heterocycles. The number of fused-ring (bicyclic) bond motifs is 1. The number of anilines is 1. The fourth-order valence-electron chi connectivity index (χ4n) is 3.39. The van der Waals surface area contributed by atoms with Gasteiger partial charge in [-0.05, 0) is 67.3 Å². The van der Waals surface area contributed by atoms with Crippen LogP contribution in [0.15, 0.2) is 72.8 Å². The normalized spacial score (nSPS) is 11.7. The lowest BCUT2D eigenvalue weighted by Crippen LogP contribution is -2.13. The van der Waals surface area contributed by atoms with E-state index in [0.29, 0.717) is 10.7 Å². The standard InChI is InChI=1S/C27H26N2O2S/c1-4-19-12-15-24-25(17-19)32-27(28-24)29-26(30)23(21-8-6-5-7-9-21)16-20-10-13-22(14-11-20)31-18(2)3/h5-18H,4H2,1-3H3,(H,28,29,30)/b23-16+. The first-order valence-corrected chi connectivity index (χ1v) is 11.6. The number of aryl methyl sites for hydroxylation is 1. The molecule has 0 radical (unpaired) electrons. The minimum atomic E-state index is -0.187. The maximum Gasteiger partial charge on any atom is 0.258 e. The van der Waals surface area contributed by atoms with E-state index in [0.717, 1.165) is 33.5 Å². The minimum absolute atomic E-state index is 0.115. The van der Waals surface area contributed by atoms with Crippen LogP contribution in [0.5, 0.6) is 5.75 Å². The zero-order valence-electron chi connectivity index (χ0n) is 18.5. The highest BCUT2D eigenvalue weighted by Gasteiger charge is 2.15. The second-order valence-corrected chi connectivity index (χ2v) is 8.82. The first kappa shape index (κ1) is 21.8. The van der Waals surface area contributed by atoms with E-state index in [1.165, 1.54) is 16.9 Å². The SMILES string of the molecule is CCc1ccc2nc(NC(=O)/C(=C/c3ccc(OC(C)C)cc3)c3ccccc3)sc2c1. The van der Waals surface area contributed by atoms with Crippen molar-refractivity contribution >= 4 is 44.2 Å². The molecule has 4 rings (SSSR count). The van der Waals surface area contributed by atoms with Gasteiger partial charge in [-0.1, -0.05) is 66.8 Å². The van der Waals surface area contributed by atoms with Crippen molar-refractivity contribution in [1.82, 2.24) is 4.98 Å². The number of aromatic nitrogens is 1. The first-order valence-electron chi connectivity index (χ1n) is 10.8. The van der Waals surface area contributed by atoms with Crippen LogP contribution in [-0.2, 0) is 11.2 Å². The molecule has 1 amide bonds. The summed E-state index contributed by atoms with van der Waals surface area (Å²) in [5.74, 6) is 0.622. The highest BCUT2D eigenvalue weighted by atomic mass is 32.1. The number of carbonyl (C=O) groups excluding carboxylic acids is 1. The van der Waals surface area contributed by atoms with Gasteiger partial charge in [-0.15, -0.1) is 0 Å². The summed E-state index contributed by atoms with van der Waals surface area (Å²) in [5, 5.41) is 3.60. The predicted molar refractivity (Wildman–Crippen MR) is 134 cm³/mol. The zero-order valence-corrected chi connectivity index (χ0v) is 19.3. The largest absolute Gasteiger partial charge is 0.491 e. The third-order valence-electron chi connectivity index (χ3n) is 4.97. The summed E-state index contributed by atoms with van der Waals surface area (Å²) in [5.41, 5.74) is 4.51. The molecule has 0 fully saturated rings. The Morgan fingerprint density at radius 2 is 1.81 bits per heavy atom. The lowest BCUT2D eigenvalue weighted by molar-refractivity contribution is -0.111. The first-order chi connectivity index (χ1) is 15.5. The van der Waals surface area contributed by atoms with Gasteiger partial charge in [0.1, 0.15) is 5.75 Å². The summed E-state index contributed by atoms with van der Waals surface area (Å²) in [4.78, 5) is 17.9. The Morgan fingerprint density at radius 3 is 2.50 bits per heavy atom. The maximum atomic E-state index is 13.3. The summed E-state index contributed by atoms with van der Waals surface area (Å²) < 4.78 is 6.80. The van der Waals surface area contributed by atoms with Gasteiger partial charge in [-0.25, -0.2) is 4.98 Å². The van der Waals surface area contributed by atoms with Crippen LogP contribution in [0, 0.1) is 0 Å². The van der Waals surface area contributed by atoms with Crippen LogP contribution in [0.3, 0.4) is 0 Å². The topological polar surface area (TPSA) is 51.2 Å². The van der Waals surface area contributed by atoms with Gasteiger partial charge in [0, 0.05) is 5.57 Å². The van der Waals surface area contributed by atoms with Crippen molar-refractivity contribution in [3.63, 3.8) is 0 Å². The molecule has 5 heteroatoms. The summed E-state index contributed by atoms with van der Waals surface area (Å²) in [6.45, 7) is 6.12. The van der Waals surface area contributed by atoms with E-state index in [4.69, 9.17) is 4.74 Å². The van der Waals surface area contributed by atoms with Crippen LogP contribution in [0.4, 0.5) is 5.13 Å². The van der Waals surface area contributed by atoms with Crippen LogP contribution in [0.1, 0.15) is 37.5 Å². The molecule has 0 unspecified atom stereocenters. The molecule has 0 spiro atoms. The van der Waals surface area contributed by atoms with E-state index < -0.39 is 0 Å². The van der Waals surface area contributed by atoms with Crippen molar-refractivity contribution in [2.24, 2.45) is 0 Å². The number of amides is 1. The average Bonchev–Trinajstić information content (AvgIpc) is 3.20. The van der Waals surface area contributed by atoms with Crippen molar-refractivity contribution < 1.29 is 9.53 Å². The molecule has 4 nitrogen and oxygen atoms in total. The number of hydrogen-bond donors (Lipinski definition) is 1. The predicted octanol–water partition coefficient (Wildman–Crippen LogP) is 6.83. The highest BCUT2D eigenvalue weighted by Crippen LogP contribution is 2.29. The Hall–Kier alpha value is -3.44. The summed E-state index contributed by atoms with van der Waals surface area (Å²) >= 11 is 1.49. The van der Waals surface area contributed by atoms with Crippen LogP contribution in [0.2, 0.25) is 0 Å². The molecule has 4 aromatic rings. The molecule has 32 heavy (non-hydrogen) atoms. The van der Waals surface area contributed by atoms with Gasteiger partial charge >= 0.3 is 0 Å². The highest BCUT2D eigenvalue weighted by molar-refractivity contribution is 7.22. The Balaban J connectivity index is 1.63. The van der Waals surface area contributed by atoms with E-state index in [1.54, 1.807) is 0 Å². The monoisotopic (exact) mass is 442 g/mol. The van der Waals surface area contributed by atoms with Gasteiger partial charge in [-0.3, -0.25) is 10.1 Å². The molecule has 0 saturated heterocycles. The number of nitrogens with zero attached hydrogens (tertiary/aromatic N) is 1. The number of benzene rings is 3. The van der Waals surface area contributed by atoms with Crippen molar-refractivity contribution in [2.45, 2.75) is 33.3 Å². The Kier molecular flexibility index (Phi) is 6.66. The van der Waals surface area contributed by atoms with Crippen LogP contribution < -0.4 is 10.1 Å². The van der Waals surface area contributed by atoms with Crippen molar-refractivity contribution in [1.29, 1.82) is 0 Å². The van der Waals surface area contributed by atoms with E-state index >= 15 is 0 Å². The number of ether oxygens (including phenoxy) is 1. The lowest BCUT2D eigenvalue weighted by atomic mass is 10.0. The molecule has 0 atom stereocenters. The maximum absolute atomic E-state index is 13.3. The van der Waals surface area contributed by atoms with E-state index in [1.807, 2.05) is 80.6 Å². The Bertz CT molecular complexity index is 1240. The average molecular weight is 443 g/mol. The lowest BCUT2D eigenvalue weighted by Gasteiger charge is -2.10. The number of hydrogen-bond acceptors (Lipinski definition) is 4. The molecule has 0 aliphatic carbocycles. The van der Waals surface area contributed by atoms with Gasteiger partial charge in [0.15, 0.2) is 5.13 Å². The second-order valence-electron chi connectivity index (χ2n) is 7.79. The van der Waals surface area contributed by atoms with Crippen molar-refractivity contribution in [3.8, 4) is 5.75 Å². The van der Waals surface area contributed by atoms with Gasteiger partial charge in [-0.2, -0.15) is 0 Å². The van der Waals surface area contributed by atoms with Crippen LogP contribution in [0.25, 0.3) is 21.9 Å². The number of rotatable bonds is 7. The van der Waals surface area contributed by atoms with Crippen LogP contribution in [-0.4, -0.2) is 17.0 Å². The molecule has 0 saturated carbocycles. The third kappa shape index (κ3) is 5.24. The molecular formula is C27H26N2O2S. The van der Waals surface area contributed by atoms with E-state index in [-0.39, 0.29) is 12.0 Å². The fraction of sp³-hybridized carbons (Fsp3) is 0.185. The van der Waals surface area contributed by atoms with Gasteiger partial charge in [0.05, 0.1) is 16.3 Å². The van der Waals surface area contributed by atoms with Gasteiger partial charge in [0.25, 0.3) is 5.91 Å². The molecule has 1 heterocycles. The van der Waals surface area contributed by atoms with E-state index in [9.17, 15) is 4.79 Å². The van der Waals surface area contributed by atoms with Crippen LogP contribution >= 0.6 is 11.3 Å². The molecule has 0 aliphatic rings. The number of thiazole rings is 1. The summed E-state index contributed by atoms with van der Waals surface area (Å²) in [6, 6.07) is 23.7. The van der Waals surface area contributed by atoms with E-state index in [2.05, 4.69) is 29.4 Å². The smallest absolute Gasteiger partial charge is 0.258 e. The van der Waals surface area contributed by atoms with Gasteiger partial charge in [0.2, 0.25) is 0 Å². The Morgan fingerprint density at radius 1 is 1.06 bits per heavy atom. The zero-order chi connectivity index (χ0) is 22.5.